The highest BCUT2D eigenvalue weighted by atomic mass is 16.5. The first-order chi connectivity index (χ1) is 13.7. The largest absolute Gasteiger partial charge is 0.495 e. The number of aryl methyl sites for hydroxylation is 2. The fourth-order valence-electron chi connectivity index (χ4n) is 3.44. The first-order valence-electron chi connectivity index (χ1n) is 9.57. The molecule has 0 bridgehead atoms. The predicted molar refractivity (Wildman–Crippen MR) is 110 cm³/mol. The molecule has 28 heavy (non-hydrogen) atoms. The SMILES string of the molecule is COc1ccccc1NC(=O)c1ccc(NCc2cc3n(n2)CCCC3)cc1. The van der Waals surface area contributed by atoms with Gasteiger partial charge in [-0.25, -0.2) is 0 Å². The molecule has 1 amide bonds. The first-order valence-corrected chi connectivity index (χ1v) is 9.57. The summed E-state index contributed by atoms with van der Waals surface area (Å²) in [7, 11) is 1.59. The number of nitrogens with one attached hydrogen (secondary N) is 2. The number of benzene rings is 2. The van der Waals surface area contributed by atoms with Gasteiger partial charge in [0.15, 0.2) is 0 Å². The van der Waals surface area contributed by atoms with Crippen LogP contribution in [0.2, 0.25) is 0 Å². The Kier molecular flexibility index (Phi) is 5.28. The molecule has 0 radical (unpaired) electrons. The number of carbonyl (C=O) groups is 1. The molecule has 1 aliphatic heterocycles. The first kappa shape index (κ1) is 18.1. The van der Waals surface area contributed by atoms with E-state index < -0.39 is 0 Å². The monoisotopic (exact) mass is 376 g/mol. The quantitative estimate of drug-likeness (QED) is 0.680. The van der Waals surface area contributed by atoms with Gasteiger partial charge in [0.2, 0.25) is 0 Å². The molecule has 2 N–H and O–H groups in total. The second-order valence-corrected chi connectivity index (χ2v) is 6.89. The van der Waals surface area contributed by atoms with Gasteiger partial charge in [0.05, 0.1) is 25.0 Å². The second-order valence-electron chi connectivity index (χ2n) is 6.89. The number of hydrogen-bond acceptors (Lipinski definition) is 4. The van der Waals surface area contributed by atoms with Crippen LogP contribution in [0.4, 0.5) is 11.4 Å². The van der Waals surface area contributed by atoms with Gasteiger partial charge >= 0.3 is 0 Å². The molecule has 0 atom stereocenters. The Hall–Kier alpha value is -3.28. The zero-order chi connectivity index (χ0) is 19.3. The number of hydrogen-bond donors (Lipinski definition) is 2. The molecule has 4 rings (SSSR count). The highest BCUT2D eigenvalue weighted by Gasteiger charge is 2.12. The van der Waals surface area contributed by atoms with E-state index in [2.05, 4.69) is 26.5 Å². The van der Waals surface area contributed by atoms with Gasteiger partial charge in [0.25, 0.3) is 5.91 Å². The lowest BCUT2D eigenvalue weighted by Gasteiger charge is -2.11. The molecule has 0 saturated heterocycles. The molecule has 2 aromatic carbocycles. The molecule has 0 spiro atoms. The van der Waals surface area contributed by atoms with Gasteiger partial charge in [-0.05, 0) is 61.7 Å². The van der Waals surface area contributed by atoms with Gasteiger partial charge in [0, 0.05) is 23.5 Å². The Bertz CT molecular complexity index is 939. The standard InChI is InChI=1S/C22H24N4O2/c1-28-21-8-3-2-7-20(21)24-22(27)16-9-11-17(12-10-16)23-15-18-14-19-6-4-5-13-26(19)25-18/h2-3,7-12,14,23H,4-6,13,15H2,1H3,(H,24,27). The molecule has 3 aromatic rings. The van der Waals surface area contributed by atoms with E-state index in [1.807, 2.05) is 48.5 Å². The Labute approximate surface area is 164 Å². The summed E-state index contributed by atoms with van der Waals surface area (Å²) in [5, 5.41) is 10.9. The van der Waals surface area contributed by atoms with E-state index in [1.54, 1.807) is 7.11 Å². The third-order valence-electron chi connectivity index (χ3n) is 4.94. The number of fused-ring (bicyclic) bond motifs is 1. The molecule has 144 valence electrons. The van der Waals surface area contributed by atoms with Crippen molar-refractivity contribution in [1.29, 1.82) is 0 Å². The van der Waals surface area contributed by atoms with Crippen LogP contribution < -0.4 is 15.4 Å². The van der Waals surface area contributed by atoms with Crippen molar-refractivity contribution >= 4 is 17.3 Å². The van der Waals surface area contributed by atoms with Crippen LogP contribution in [0.25, 0.3) is 0 Å². The van der Waals surface area contributed by atoms with Crippen molar-refractivity contribution in [2.24, 2.45) is 0 Å². The molecule has 2 heterocycles. The molecule has 6 heteroatoms. The maximum absolute atomic E-state index is 12.5. The molecular formula is C22H24N4O2. The van der Waals surface area contributed by atoms with Crippen LogP contribution in [0.15, 0.2) is 54.6 Å². The molecule has 6 nitrogen and oxygen atoms in total. The topological polar surface area (TPSA) is 68.2 Å². The zero-order valence-corrected chi connectivity index (χ0v) is 15.9. The van der Waals surface area contributed by atoms with Crippen molar-refractivity contribution in [3.63, 3.8) is 0 Å². The number of anilines is 2. The van der Waals surface area contributed by atoms with Gasteiger partial charge in [-0.2, -0.15) is 5.10 Å². The van der Waals surface area contributed by atoms with Gasteiger partial charge in [0.1, 0.15) is 5.75 Å². The molecule has 0 aliphatic carbocycles. The van der Waals surface area contributed by atoms with Gasteiger partial charge in [-0.1, -0.05) is 12.1 Å². The highest BCUT2D eigenvalue weighted by molar-refractivity contribution is 6.05. The van der Waals surface area contributed by atoms with Crippen molar-refractivity contribution in [2.75, 3.05) is 17.7 Å². The molecule has 1 aromatic heterocycles. The minimum atomic E-state index is -0.169. The van der Waals surface area contributed by atoms with Crippen molar-refractivity contribution in [3.05, 3.63) is 71.5 Å². The van der Waals surface area contributed by atoms with Gasteiger partial charge in [-0.15, -0.1) is 0 Å². The third kappa shape index (κ3) is 4.01. The average molecular weight is 376 g/mol. The normalized spacial score (nSPS) is 12.9. The lowest BCUT2D eigenvalue weighted by atomic mass is 10.1. The van der Waals surface area contributed by atoms with E-state index in [4.69, 9.17) is 4.74 Å². The van der Waals surface area contributed by atoms with Crippen LogP contribution in [-0.4, -0.2) is 22.8 Å². The summed E-state index contributed by atoms with van der Waals surface area (Å²) in [5.41, 5.74) is 4.58. The number of methoxy groups -OCH3 is 1. The van der Waals surface area contributed by atoms with Crippen LogP contribution in [-0.2, 0) is 19.5 Å². The minimum absolute atomic E-state index is 0.169. The molecule has 0 saturated carbocycles. The fraction of sp³-hybridized carbons (Fsp3) is 0.273. The van der Waals surface area contributed by atoms with Crippen LogP contribution >= 0.6 is 0 Å². The summed E-state index contributed by atoms with van der Waals surface area (Å²) >= 11 is 0. The number of rotatable bonds is 6. The van der Waals surface area contributed by atoms with Crippen molar-refractivity contribution < 1.29 is 9.53 Å². The van der Waals surface area contributed by atoms with E-state index in [0.29, 0.717) is 23.5 Å². The van der Waals surface area contributed by atoms with Crippen molar-refractivity contribution in [2.45, 2.75) is 32.4 Å². The van der Waals surface area contributed by atoms with Crippen LogP contribution in [0, 0.1) is 0 Å². The fourth-order valence-corrected chi connectivity index (χ4v) is 3.44. The second kappa shape index (κ2) is 8.17. The van der Waals surface area contributed by atoms with Gasteiger partial charge in [-0.3, -0.25) is 9.48 Å². The number of ether oxygens (including phenoxy) is 1. The molecular weight excluding hydrogens is 352 g/mol. The Morgan fingerprint density at radius 3 is 2.75 bits per heavy atom. The van der Waals surface area contributed by atoms with E-state index in [0.717, 1.165) is 24.3 Å². The van der Waals surface area contributed by atoms with E-state index in [9.17, 15) is 4.79 Å². The Morgan fingerprint density at radius 1 is 1.14 bits per heavy atom. The van der Waals surface area contributed by atoms with Gasteiger partial charge < -0.3 is 15.4 Å². The number of nitrogens with zero attached hydrogens (tertiary/aromatic N) is 2. The van der Waals surface area contributed by atoms with Crippen LogP contribution in [0.3, 0.4) is 0 Å². The van der Waals surface area contributed by atoms with Crippen molar-refractivity contribution in [3.8, 4) is 5.75 Å². The minimum Gasteiger partial charge on any atom is -0.495 e. The molecule has 1 aliphatic rings. The van der Waals surface area contributed by atoms with Crippen LogP contribution in [0.1, 0.15) is 34.6 Å². The number of amides is 1. The number of aromatic nitrogens is 2. The maximum Gasteiger partial charge on any atom is 0.255 e. The zero-order valence-electron chi connectivity index (χ0n) is 15.9. The third-order valence-corrected chi connectivity index (χ3v) is 4.94. The summed E-state index contributed by atoms with van der Waals surface area (Å²) in [4.78, 5) is 12.5. The lowest BCUT2D eigenvalue weighted by Crippen LogP contribution is -2.12. The van der Waals surface area contributed by atoms with Crippen LogP contribution in [0.5, 0.6) is 5.75 Å². The summed E-state index contributed by atoms with van der Waals surface area (Å²) in [6, 6.07) is 17.0. The average Bonchev–Trinajstić information content (AvgIpc) is 3.16. The van der Waals surface area contributed by atoms with Crippen molar-refractivity contribution in [1.82, 2.24) is 9.78 Å². The van der Waals surface area contributed by atoms with E-state index in [-0.39, 0.29) is 5.91 Å². The predicted octanol–water partition coefficient (Wildman–Crippen LogP) is 4.09. The summed E-state index contributed by atoms with van der Waals surface area (Å²) in [5.74, 6) is 0.467. The number of carbonyl (C=O) groups excluding carboxylic acids is 1. The summed E-state index contributed by atoms with van der Waals surface area (Å²) in [6.07, 6.45) is 3.57. The molecule has 0 unspecified atom stereocenters. The number of para-hydroxylation sites is 2. The summed E-state index contributed by atoms with van der Waals surface area (Å²) < 4.78 is 7.39. The Balaban J connectivity index is 1.36. The maximum atomic E-state index is 12.5. The molecule has 0 fully saturated rings. The summed E-state index contributed by atoms with van der Waals surface area (Å²) in [6.45, 7) is 1.69. The van der Waals surface area contributed by atoms with E-state index >= 15 is 0 Å². The highest BCUT2D eigenvalue weighted by Crippen LogP contribution is 2.24. The smallest absolute Gasteiger partial charge is 0.255 e. The Morgan fingerprint density at radius 2 is 1.96 bits per heavy atom. The van der Waals surface area contributed by atoms with E-state index in [1.165, 1.54) is 18.5 Å². The lowest BCUT2D eigenvalue weighted by molar-refractivity contribution is 0.102.